The van der Waals surface area contributed by atoms with E-state index in [1.165, 1.54) is 11.8 Å². The maximum Gasteiger partial charge on any atom is 0.194 e. The van der Waals surface area contributed by atoms with Crippen LogP contribution in [0.4, 0.5) is 0 Å². The van der Waals surface area contributed by atoms with Crippen molar-refractivity contribution >= 4 is 16.9 Å². The number of rotatable bonds is 4. The first kappa shape index (κ1) is 12.0. The minimum Gasteiger partial charge on any atom is -0.392 e. The molecule has 1 N–H and O–H groups in total. The van der Waals surface area contributed by atoms with Crippen molar-refractivity contribution in [1.82, 2.24) is 0 Å². The molecule has 0 heterocycles. The van der Waals surface area contributed by atoms with Gasteiger partial charge in [-0.05, 0) is 11.7 Å². The monoisotopic (exact) mass is 190 g/mol. The maximum atomic E-state index is 11.3. The van der Waals surface area contributed by atoms with Crippen molar-refractivity contribution in [3.63, 3.8) is 0 Å². The lowest BCUT2D eigenvalue weighted by Crippen LogP contribution is -2.28. The zero-order valence-electron chi connectivity index (χ0n) is 8.20. The van der Waals surface area contributed by atoms with E-state index in [2.05, 4.69) is 0 Å². The average Bonchev–Trinajstić information content (AvgIpc) is 2.02. The molecule has 0 rings (SSSR count). The van der Waals surface area contributed by atoms with Crippen LogP contribution in [0, 0.1) is 11.8 Å². The van der Waals surface area contributed by atoms with Crippen molar-refractivity contribution in [1.29, 1.82) is 0 Å². The zero-order chi connectivity index (χ0) is 9.72. The number of aliphatic hydroxyl groups is 1. The Labute approximate surface area is 78.7 Å². The van der Waals surface area contributed by atoms with Crippen molar-refractivity contribution < 1.29 is 9.90 Å². The quantitative estimate of drug-likeness (QED) is 0.736. The summed E-state index contributed by atoms with van der Waals surface area (Å²) in [6.45, 7) is 7.57. The molecule has 0 saturated carbocycles. The van der Waals surface area contributed by atoms with Gasteiger partial charge in [-0.2, -0.15) is 0 Å². The van der Waals surface area contributed by atoms with E-state index in [0.717, 1.165) is 5.75 Å². The fraction of sp³-hybridized carbons (Fsp3) is 0.889. The second kappa shape index (κ2) is 5.60. The van der Waals surface area contributed by atoms with Gasteiger partial charge in [-0.25, -0.2) is 0 Å². The number of carbonyl (C=O) groups is 1. The van der Waals surface area contributed by atoms with Gasteiger partial charge < -0.3 is 5.11 Å². The highest BCUT2D eigenvalue weighted by Gasteiger charge is 2.23. The minimum atomic E-state index is -0.503. The molecule has 72 valence electrons. The van der Waals surface area contributed by atoms with Crippen LogP contribution in [0.2, 0.25) is 0 Å². The van der Waals surface area contributed by atoms with Gasteiger partial charge in [-0.15, -0.1) is 0 Å². The van der Waals surface area contributed by atoms with Gasteiger partial charge in [0, 0.05) is 0 Å². The van der Waals surface area contributed by atoms with Crippen LogP contribution >= 0.6 is 11.8 Å². The fourth-order valence-electron chi connectivity index (χ4n) is 0.990. The Bertz CT molecular complexity index is 145. The van der Waals surface area contributed by atoms with Crippen LogP contribution in [0.1, 0.15) is 27.7 Å². The first-order valence-electron chi connectivity index (χ1n) is 4.35. The molecule has 0 bridgehead atoms. The zero-order valence-corrected chi connectivity index (χ0v) is 9.02. The van der Waals surface area contributed by atoms with E-state index in [-0.39, 0.29) is 17.0 Å². The summed E-state index contributed by atoms with van der Waals surface area (Å²) in [7, 11) is 0. The van der Waals surface area contributed by atoms with Gasteiger partial charge >= 0.3 is 0 Å². The molecular weight excluding hydrogens is 172 g/mol. The van der Waals surface area contributed by atoms with Crippen LogP contribution in [0.25, 0.3) is 0 Å². The Morgan fingerprint density at radius 1 is 1.42 bits per heavy atom. The summed E-state index contributed by atoms with van der Waals surface area (Å²) in [5, 5.41) is 9.65. The Kier molecular flexibility index (Phi) is 5.59. The van der Waals surface area contributed by atoms with Crippen LogP contribution in [-0.2, 0) is 4.79 Å². The second-order valence-corrected chi connectivity index (χ2v) is 4.54. The van der Waals surface area contributed by atoms with Gasteiger partial charge in [0.2, 0.25) is 0 Å². The normalized spacial score (nSPS) is 16.2. The standard InChI is InChI=1S/C9H18O2S/c1-5-12-9(11)7(4)8(10)6(2)3/h6-8,10H,5H2,1-4H3/t7-,8-/m1/s1. The molecule has 0 aliphatic rings. The highest BCUT2D eigenvalue weighted by Crippen LogP contribution is 2.18. The fourth-order valence-corrected chi connectivity index (χ4v) is 1.68. The van der Waals surface area contributed by atoms with E-state index in [4.69, 9.17) is 0 Å². The van der Waals surface area contributed by atoms with Gasteiger partial charge in [0.05, 0.1) is 12.0 Å². The van der Waals surface area contributed by atoms with Crippen molar-refractivity contribution in [2.75, 3.05) is 5.75 Å². The van der Waals surface area contributed by atoms with Crippen LogP contribution in [0.3, 0.4) is 0 Å². The minimum absolute atomic E-state index is 0.0960. The molecule has 0 aromatic carbocycles. The first-order chi connectivity index (χ1) is 5.50. The SMILES string of the molecule is CCSC(=O)[C@H](C)[C@H](O)C(C)C. The van der Waals surface area contributed by atoms with E-state index in [0.29, 0.717) is 0 Å². The third-order valence-corrected chi connectivity index (χ3v) is 2.80. The van der Waals surface area contributed by atoms with Crippen molar-refractivity contribution in [2.24, 2.45) is 11.8 Å². The number of hydrogen-bond donors (Lipinski definition) is 1. The van der Waals surface area contributed by atoms with E-state index >= 15 is 0 Å². The van der Waals surface area contributed by atoms with E-state index in [1.807, 2.05) is 20.8 Å². The van der Waals surface area contributed by atoms with Gasteiger partial charge in [-0.3, -0.25) is 4.79 Å². The Balaban J connectivity index is 4.00. The van der Waals surface area contributed by atoms with Crippen LogP contribution in [0.15, 0.2) is 0 Å². The third-order valence-electron chi connectivity index (χ3n) is 1.85. The molecule has 0 unspecified atom stereocenters. The molecule has 12 heavy (non-hydrogen) atoms. The summed E-state index contributed by atoms with van der Waals surface area (Å²) in [6, 6.07) is 0. The Morgan fingerprint density at radius 2 is 1.92 bits per heavy atom. The van der Waals surface area contributed by atoms with Crippen LogP contribution in [0.5, 0.6) is 0 Å². The highest BCUT2D eigenvalue weighted by atomic mass is 32.2. The van der Waals surface area contributed by atoms with E-state index in [9.17, 15) is 9.90 Å². The molecular formula is C9H18O2S. The van der Waals surface area contributed by atoms with Gasteiger partial charge in [-0.1, -0.05) is 39.5 Å². The number of carbonyl (C=O) groups excluding carboxylic acids is 1. The second-order valence-electron chi connectivity index (χ2n) is 3.28. The lowest BCUT2D eigenvalue weighted by atomic mass is 9.96. The molecule has 0 aliphatic heterocycles. The summed E-state index contributed by atoms with van der Waals surface area (Å²) >= 11 is 1.29. The molecule has 0 fully saturated rings. The molecule has 2 atom stereocenters. The average molecular weight is 190 g/mol. The Morgan fingerprint density at radius 3 is 2.25 bits per heavy atom. The molecule has 0 saturated heterocycles. The summed E-state index contributed by atoms with van der Waals surface area (Å²) in [4.78, 5) is 11.3. The molecule has 0 aromatic rings. The molecule has 0 radical (unpaired) electrons. The molecule has 0 amide bonds. The Hall–Kier alpha value is -0.0200. The number of thioether (sulfide) groups is 1. The molecule has 0 aliphatic carbocycles. The van der Waals surface area contributed by atoms with Crippen molar-refractivity contribution in [3.8, 4) is 0 Å². The third kappa shape index (κ3) is 3.59. The summed E-state index contributed by atoms with van der Waals surface area (Å²) in [5.74, 6) is 0.699. The van der Waals surface area contributed by atoms with Crippen LogP contribution < -0.4 is 0 Å². The predicted molar refractivity (Wildman–Crippen MR) is 53.1 cm³/mol. The molecule has 2 nitrogen and oxygen atoms in total. The van der Waals surface area contributed by atoms with Crippen LogP contribution in [-0.4, -0.2) is 22.1 Å². The summed E-state index contributed by atoms with van der Waals surface area (Å²) < 4.78 is 0. The molecule has 0 spiro atoms. The highest BCUT2D eigenvalue weighted by molar-refractivity contribution is 8.13. The van der Waals surface area contributed by atoms with Gasteiger partial charge in [0.1, 0.15) is 0 Å². The number of aliphatic hydroxyl groups excluding tert-OH is 1. The topological polar surface area (TPSA) is 37.3 Å². The van der Waals surface area contributed by atoms with Crippen molar-refractivity contribution in [3.05, 3.63) is 0 Å². The number of hydrogen-bond acceptors (Lipinski definition) is 3. The molecule has 0 aromatic heterocycles. The molecule has 3 heteroatoms. The largest absolute Gasteiger partial charge is 0.392 e. The lowest BCUT2D eigenvalue weighted by Gasteiger charge is -2.20. The van der Waals surface area contributed by atoms with E-state index < -0.39 is 6.10 Å². The van der Waals surface area contributed by atoms with Gasteiger partial charge in [0.15, 0.2) is 5.12 Å². The summed E-state index contributed by atoms with van der Waals surface area (Å²) in [6.07, 6.45) is -0.503. The lowest BCUT2D eigenvalue weighted by molar-refractivity contribution is -0.117. The predicted octanol–water partition coefficient (Wildman–Crippen LogP) is 1.92. The maximum absolute atomic E-state index is 11.3. The van der Waals surface area contributed by atoms with Gasteiger partial charge in [0.25, 0.3) is 0 Å². The summed E-state index contributed by atoms with van der Waals surface area (Å²) in [5.41, 5.74) is 0. The first-order valence-corrected chi connectivity index (χ1v) is 5.34. The van der Waals surface area contributed by atoms with E-state index in [1.54, 1.807) is 6.92 Å². The van der Waals surface area contributed by atoms with Crippen molar-refractivity contribution in [2.45, 2.75) is 33.8 Å². The smallest absolute Gasteiger partial charge is 0.194 e.